The zero-order chi connectivity index (χ0) is 13.9. The van der Waals surface area contributed by atoms with Crippen molar-refractivity contribution in [3.8, 4) is 0 Å². The molecule has 0 aliphatic carbocycles. The minimum atomic E-state index is -0.132. The van der Waals surface area contributed by atoms with Gasteiger partial charge in [-0.25, -0.2) is 0 Å². The predicted molar refractivity (Wildman–Crippen MR) is 76.9 cm³/mol. The van der Waals surface area contributed by atoms with Crippen LogP contribution in [0, 0.1) is 0 Å². The first-order valence-corrected chi connectivity index (χ1v) is 6.96. The molecule has 1 aliphatic heterocycles. The fraction of sp³-hybridized carbons (Fsp3) is 0.533. The van der Waals surface area contributed by atoms with Crippen LogP contribution in [0.5, 0.6) is 0 Å². The van der Waals surface area contributed by atoms with Crippen LogP contribution in [0.25, 0.3) is 0 Å². The fourth-order valence-electron chi connectivity index (χ4n) is 2.57. The number of hydrogen-bond donors (Lipinski definition) is 0. The van der Waals surface area contributed by atoms with E-state index in [4.69, 9.17) is 16.3 Å². The van der Waals surface area contributed by atoms with E-state index in [2.05, 4.69) is 11.8 Å². The Morgan fingerprint density at radius 1 is 1.53 bits per heavy atom. The van der Waals surface area contributed by atoms with Crippen LogP contribution in [0.1, 0.15) is 30.1 Å². The van der Waals surface area contributed by atoms with Crippen LogP contribution in [0.3, 0.4) is 0 Å². The van der Waals surface area contributed by atoms with Gasteiger partial charge in [-0.1, -0.05) is 23.7 Å². The van der Waals surface area contributed by atoms with Gasteiger partial charge in [0.05, 0.1) is 12.1 Å². The number of nitrogens with zero attached hydrogens (tertiary/aromatic N) is 1. The van der Waals surface area contributed by atoms with Crippen molar-refractivity contribution < 1.29 is 9.53 Å². The molecule has 1 saturated heterocycles. The van der Waals surface area contributed by atoms with Crippen LogP contribution in [0.15, 0.2) is 24.3 Å². The first kappa shape index (κ1) is 14.5. The molecule has 1 heterocycles. The molecule has 3 nitrogen and oxygen atoms in total. The number of hydrogen-bond acceptors (Lipinski definition) is 3. The molecule has 1 unspecified atom stereocenters. The van der Waals surface area contributed by atoms with Gasteiger partial charge in [-0.05, 0) is 38.4 Å². The summed E-state index contributed by atoms with van der Waals surface area (Å²) in [5.41, 5.74) is 0.546. The van der Waals surface area contributed by atoms with Crippen molar-refractivity contribution in [2.45, 2.75) is 25.4 Å². The number of ketones is 1. The normalized spacial score (nSPS) is 24.4. The molecule has 2 rings (SSSR count). The Hall–Kier alpha value is -0.900. The van der Waals surface area contributed by atoms with Gasteiger partial charge in [0.1, 0.15) is 0 Å². The highest BCUT2D eigenvalue weighted by Gasteiger charge is 2.31. The van der Waals surface area contributed by atoms with Crippen molar-refractivity contribution in [1.29, 1.82) is 0 Å². The van der Waals surface area contributed by atoms with Gasteiger partial charge in [0.15, 0.2) is 5.78 Å². The third kappa shape index (κ3) is 3.78. The highest BCUT2D eigenvalue weighted by molar-refractivity contribution is 6.31. The zero-order valence-electron chi connectivity index (χ0n) is 11.5. The van der Waals surface area contributed by atoms with Gasteiger partial charge in [0, 0.05) is 24.2 Å². The van der Waals surface area contributed by atoms with Crippen molar-refractivity contribution in [2.75, 3.05) is 26.7 Å². The highest BCUT2D eigenvalue weighted by Crippen LogP contribution is 2.24. The molecular formula is C15H20ClNO2. The molecule has 104 valence electrons. The van der Waals surface area contributed by atoms with E-state index in [9.17, 15) is 4.79 Å². The van der Waals surface area contributed by atoms with Crippen LogP contribution in [0.4, 0.5) is 0 Å². The van der Waals surface area contributed by atoms with E-state index in [0.29, 0.717) is 17.1 Å². The Morgan fingerprint density at radius 2 is 2.32 bits per heavy atom. The van der Waals surface area contributed by atoms with Gasteiger partial charge in [0.25, 0.3) is 0 Å². The minimum absolute atomic E-state index is 0.114. The highest BCUT2D eigenvalue weighted by atomic mass is 35.5. The fourth-order valence-corrected chi connectivity index (χ4v) is 2.76. The van der Waals surface area contributed by atoms with Crippen LogP contribution in [0.2, 0.25) is 5.02 Å². The number of rotatable bonds is 4. The topological polar surface area (TPSA) is 29.5 Å². The zero-order valence-corrected chi connectivity index (χ0v) is 12.2. The molecule has 0 N–H and O–H groups in total. The van der Waals surface area contributed by atoms with Crippen molar-refractivity contribution in [3.05, 3.63) is 34.9 Å². The van der Waals surface area contributed by atoms with E-state index in [1.165, 1.54) is 0 Å². The van der Waals surface area contributed by atoms with Crippen molar-refractivity contribution in [1.82, 2.24) is 4.90 Å². The van der Waals surface area contributed by atoms with Gasteiger partial charge in [0.2, 0.25) is 0 Å². The lowest BCUT2D eigenvalue weighted by atomic mass is 9.94. The number of halogens is 1. The number of piperidine rings is 1. The number of likely N-dealkylation sites (tertiary alicyclic amines) is 1. The maximum Gasteiger partial charge on any atom is 0.176 e. The Balaban J connectivity index is 1.99. The van der Waals surface area contributed by atoms with Crippen LogP contribution in [-0.4, -0.2) is 43.0 Å². The summed E-state index contributed by atoms with van der Waals surface area (Å²) in [6, 6.07) is 7.13. The largest absolute Gasteiger partial charge is 0.377 e. The Labute approximate surface area is 119 Å². The van der Waals surface area contributed by atoms with Gasteiger partial charge in [-0.2, -0.15) is 0 Å². The summed E-state index contributed by atoms with van der Waals surface area (Å²) in [4.78, 5) is 14.4. The number of carbonyl (C=O) groups excluding carboxylic acids is 1. The standard InChI is InChI=1S/C15H20ClNO2/c1-15(19-2)7-4-8-17(11-15)10-14(18)12-5-3-6-13(16)9-12/h3,5-6,9H,4,7-8,10-11H2,1-2H3. The second-order valence-electron chi connectivity index (χ2n) is 5.40. The molecular weight excluding hydrogens is 262 g/mol. The molecule has 0 amide bonds. The number of carbonyl (C=O) groups is 1. The monoisotopic (exact) mass is 281 g/mol. The number of methoxy groups -OCH3 is 1. The van der Waals surface area contributed by atoms with Crippen molar-refractivity contribution in [3.63, 3.8) is 0 Å². The third-order valence-corrected chi connectivity index (χ3v) is 3.98. The molecule has 4 heteroatoms. The van der Waals surface area contributed by atoms with Crippen molar-refractivity contribution >= 4 is 17.4 Å². The van der Waals surface area contributed by atoms with Crippen LogP contribution >= 0.6 is 11.6 Å². The summed E-state index contributed by atoms with van der Waals surface area (Å²) < 4.78 is 5.54. The minimum Gasteiger partial charge on any atom is -0.377 e. The summed E-state index contributed by atoms with van der Waals surface area (Å²) in [5.74, 6) is 0.114. The molecule has 1 aromatic rings. The van der Waals surface area contributed by atoms with Gasteiger partial charge in [-0.15, -0.1) is 0 Å². The Bertz CT molecular complexity index is 463. The third-order valence-electron chi connectivity index (χ3n) is 3.74. The average molecular weight is 282 g/mol. The number of Topliss-reactive ketones (excluding diaryl/α,β-unsaturated/α-hetero) is 1. The number of benzene rings is 1. The summed E-state index contributed by atoms with van der Waals surface area (Å²) in [5, 5.41) is 0.603. The summed E-state index contributed by atoms with van der Waals surface area (Å²) in [6.07, 6.45) is 2.11. The second kappa shape index (κ2) is 6.04. The first-order valence-electron chi connectivity index (χ1n) is 6.59. The summed E-state index contributed by atoms with van der Waals surface area (Å²) in [6.45, 7) is 4.28. The van der Waals surface area contributed by atoms with E-state index in [0.717, 1.165) is 25.9 Å². The SMILES string of the molecule is COC1(C)CCCN(CC(=O)c2cccc(Cl)c2)C1. The molecule has 0 aromatic heterocycles. The van der Waals surface area contributed by atoms with Gasteiger partial charge < -0.3 is 4.74 Å². The van der Waals surface area contributed by atoms with Gasteiger partial charge in [-0.3, -0.25) is 9.69 Å². The maximum absolute atomic E-state index is 12.2. The lowest BCUT2D eigenvalue weighted by molar-refractivity contribution is -0.0485. The molecule has 0 saturated carbocycles. The van der Waals surface area contributed by atoms with E-state index >= 15 is 0 Å². The average Bonchev–Trinajstić information content (AvgIpc) is 2.39. The summed E-state index contributed by atoms with van der Waals surface area (Å²) >= 11 is 5.91. The Kier molecular flexibility index (Phi) is 4.61. The number of ether oxygens (including phenoxy) is 1. The summed E-state index contributed by atoms with van der Waals surface area (Å²) in [7, 11) is 1.74. The molecule has 19 heavy (non-hydrogen) atoms. The lowest BCUT2D eigenvalue weighted by Crippen LogP contribution is -2.48. The first-order chi connectivity index (χ1) is 9.02. The molecule has 0 spiro atoms. The molecule has 1 aromatic carbocycles. The quantitative estimate of drug-likeness (QED) is 0.795. The van der Waals surface area contributed by atoms with E-state index in [1.54, 1.807) is 19.2 Å². The van der Waals surface area contributed by atoms with Crippen LogP contribution < -0.4 is 0 Å². The van der Waals surface area contributed by atoms with Crippen molar-refractivity contribution in [2.24, 2.45) is 0 Å². The van der Waals surface area contributed by atoms with Gasteiger partial charge >= 0.3 is 0 Å². The molecule has 0 bridgehead atoms. The molecule has 1 aliphatic rings. The second-order valence-corrected chi connectivity index (χ2v) is 5.84. The predicted octanol–water partition coefficient (Wildman–Crippen LogP) is 3.02. The van der Waals surface area contributed by atoms with E-state index in [-0.39, 0.29) is 11.4 Å². The van der Waals surface area contributed by atoms with E-state index in [1.807, 2.05) is 12.1 Å². The molecule has 1 fully saturated rings. The smallest absolute Gasteiger partial charge is 0.176 e. The lowest BCUT2D eigenvalue weighted by Gasteiger charge is -2.39. The molecule has 1 atom stereocenters. The maximum atomic E-state index is 12.2. The van der Waals surface area contributed by atoms with E-state index < -0.39 is 0 Å². The van der Waals surface area contributed by atoms with Crippen LogP contribution in [-0.2, 0) is 4.74 Å². The Morgan fingerprint density at radius 3 is 3.00 bits per heavy atom. The molecule has 0 radical (unpaired) electrons.